The van der Waals surface area contributed by atoms with E-state index in [0.717, 1.165) is 19.4 Å². The Morgan fingerprint density at radius 3 is 2.73 bits per heavy atom. The molecule has 1 aliphatic rings. The van der Waals surface area contributed by atoms with Gasteiger partial charge in [-0.05, 0) is 44.0 Å². The van der Waals surface area contributed by atoms with Gasteiger partial charge < -0.3 is 10.1 Å². The van der Waals surface area contributed by atoms with Crippen molar-refractivity contribution in [2.75, 3.05) is 26.8 Å². The third-order valence-corrected chi connectivity index (χ3v) is 5.16. The molecule has 126 valence electrons. The molecule has 0 saturated carbocycles. The molecule has 0 aromatic heterocycles. The first kappa shape index (κ1) is 19.3. The summed E-state index contributed by atoms with van der Waals surface area (Å²) in [6.45, 7) is 3.12. The summed E-state index contributed by atoms with van der Waals surface area (Å²) in [5.74, 6) is -0.734. The maximum absolute atomic E-state index is 13.8. The number of ether oxygens (including phenoxy) is 1. The van der Waals surface area contributed by atoms with Crippen LogP contribution in [-0.2, 0) is 14.8 Å². The zero-order valence-electron chi connectivity index (χ0n) is 12.7. The van der Waals surface area contributed by atoms with Crippen LogP contribution in [0.1, 0.15) is 18.4 Å². The van der Waals surface area contributed by atoms with E-state index < -0.39 is 21.4 Å². The number of hydrogen-bond acceptors (Lipinski definition) is 4. The lowest BCUT2D eigenvalue weighted by molar-refractivity contribution is 0.122. The average Bonchev–Trinajstić information content (AvgIpc) is 2.86. The molecular weight excluding hydrogens is 331 g/mol. The van der Waals surface area contributed by atoms with E-state index in [4.69, 9.17) is 4.74 Å². The molecule has 1 unspecified atom stereocenters. The molecule has 0 bridgehead atoms. The molecule has 1 aromatic carbocycles. The van der Waals surface area contributed by atoms with Gasteiger partial charge in [0.1, 0.15) is 10.7 Å². The Labute approximate surface area is 137 Å². The third kappa shape index (κ3) is 4.39. The zero-order valence-corrected chi connectivity index (χ0v) is 14.3. The maximum atomic E-state index is 13.8. The van der Waals surface area contributed by atoms with Gasteiger partial charge in [0.15, 0.2) is 0 Å². The summed E-state index contributed by atoms with van der Waals surface area (Å²) >= 11 is 0. The normalized spacial score (nSPS) is 21.6. The molecule has 1 aromatic rings. The Morgan fingerprint density at radius 1 is 1.45 bits per heavy atom. The second-order valence-electron chi connectivity index (χ2n) is 5.50. The van der Waals surface area contributed by atoms with Crippen LogP contribution in [0.15, 0.2) is 23.1 Å². The van der Waals surface area contributed by atoms with Crippen molar-refractivity contribution in [2.24, 2.45) is 0 Å². The van der Waals surface area contributed by atoms with Crippen molar-refractivity contribution in [3.63, 3.8) is 0 Å². The first-order valence-electron chi connectivity index (χ1n) is 6.88. The standard InChI is InChI=1S/C14H21FN2O3S.ClH/c1-11-4-5-13(12(15)8-11)21(18,19)17-9-14(10-20-2)6-3-7-16-14;/h4-5,8,16-17H,3,6-7,9-10H2,1-2H3;1H. The lowest BCUT2D eigenvalue weighted by atomic mass is 9.99. The smallest absolute Gasteiger partial charge is 0.243 e. The van der Waals surface area contributed by atoms with Crippen LogP contribution in [0.25, 0.3) is 0 Å². The number of hydrogen-bond donors (Lipinski definition) is 2. The van der Waals surface area contributed by atoms with E-state index in [1.807, 2.05) is 0 Å². The molecule has 2 rings (SSSR count). The molecule has 0 radical (unpaired) electrons. The molecular formula is C14H22ClFN2O3S. The summed E-state index contributed by atoms with van der Waals surface area (Å²) in [5.41, 5.74) is 0.267. The Morgan fingerprint density at radius 2 is 2.18 bits per heavy atom. The molecule has 1 aliphatic heterocycles. The van der Waals surface area contributed by atoms with E-state index in [9.17, 15) is 12.8 Å². The van der Waals surface area contributed by atoms with Crippen LogP contribution in [0.3, 0.4) is 0 Å². The van der Waals surface area contributed by atoms with E-state index in [0.29, 0.717) is 12.2 Å². The predicted octanol–water partition coefficient (Wildman–Crippen LogP) is 1.60. The highest BCUT2D eigenvalue weighted by Gasteiger charge is 2.35. The first-order valence-corrected chi connectivity index (χ1v) is 8.37. The number of benzene rings is 1. The Balaban J connectivity index is 0.00000242. The van der Waals surface area contributed by atoms with E-state index in [1.165, 1.54) is 12.1 Å². The van der Waals surface area contributed by atoms with E-state index in [2.05, 4.69) is 10.0 Å². The van der Waals surface area contributed by atoms with Gasteiger partial charge in [0, 0.05) is 13.7 Å². The maximum Gasteiger partial charge on any atom is 0.243 e. The van der Waals surface area contributed by atoms with Gasteiger partial charge in [-0.25, -0.2) is 17.5 Å². The van der Waals surface area contributed by atoms with Crippen molar-refractivity contribution in [3.8, 4) is 0 Å². The van der Waals surface area contributed by atoms with Gasteiger partial charge in [-0.2, -0.15) is 0 Å². The van der Waals surface area contributed by atoms with E-state index in [1.54, 1.807) is 20.1 Å². The molecule has 22 heavy (non-hydrogen) atoms. The van der Waals surface area contributed by atoms with Gasteiger partial charge in [0.25, 0.3) is 0 Å². The second kappa shape index (κ2) is 7.70. The minimum Gasteiger partial charge on any atom is -0.383 e. The highest BCUT2D eigenvalue weighted by molar-refractivity contribution is 7.89. The SMILES string of the molecule is COCC1(CNS(=O)(=O)c2ccc(C)cc2F)CCCN1.Cl. The van der Waals surface area contributed by atoms with Crippen LogP contribution < -0.4 is 10.0 Å². The second-order valence-corrected chi connectivity index (χ2v) is 7.24. The molecule has 1 fully saturated rings. The lowest BCUT2D eigenvalue weighted by Crippen LogP contribution is -2.52. The van der Waals surface area contributed by atoms with Gasteiger partial charge in [0.05, 0.1) is 12.1 Å². The number of nitrogens with one attached hydrogen (secondary N) is 2. The molecule has 0 spiro atoms. The Kier molecular flexibility index (Phi) is 6.76. The average molecular weight is 353 g/mol. The monoisotopic (exact) mass is 352 g/mol. The lowest BCUT2D eigenvalue weighted by Gasteiger charge is -2.28. The number of rotatable bonds is 6. The minimum atomic E-state index is -3.87. The number of methoxy groups -OCH3 is 1. The first-order chi connectivity index (χ1) is 9.88. The van der Waals surface area contributed by atoms with Crippen LogP contribution in [-0.4, -0.2) is 40.8 Å². The number of halogens is 2. The van der Waals surface area contributed by atoms with Gasteiger partial charge >= 0.3 is 0 Å². The fourth-order valence-corrected chi connectivity index (χ4v) is 3.79. The van der Waals surface area contributed by atoms with Gasteiger partial charge in [0.2, 0.25) is 10.0 Å². The highest BCUT2D eigenvalue weighted by atomic mass is 35.5. The van der Waals surface area contributed by atoms with Crippen LogP contribution in [0.4, 0.5) is 4.39 Å². The van der Waals surface area contributed by atoms with E-state index >= 15 is 0 Å². The molecule has 0 amide bonds. The minimum absolute atomic E-state index is 0. The number of sulfonamides is 1. The predicted molar refractivity (Wildman–Crippen MR) is 85.4 cm³/mol. The summed E-state index contributed by atoms with van der Waals surface area (Å²) in [6.07, 6.45) is 1.78. The summed E-state index contributed by atoms with van der Waals surface area (Å²) in [4.78, 5) is -0.321. The van der Waals surface area contributed by atoms with Gasteiger partial charge in [-0.15, -0.1) is 12.4 Å². The Bertz CT molecular complexity index is 604. The van der Waals surface area contributed by atoms with Gasteiger partial charge in [-0.1, -0.05) is 6.07 Å². The number of aryl methyl sites for hydroxylation is 1. The fourth-order valence-electron chi connectivity index (χ4n) is 2.60. The van der Waals surface area contributed by atoms with Gasteiger partial charge in [-0.3, -0.25) is 0 Å². The summed E-state index contributed by atoms with van der Waals surface area (Å²) in [5, 5.41) is 3.27. The van der Waals surface area contributed by atoms with Crippen LogP contribution in [0.5, 0.6) is 0 Å². The molecule has 5 nitrogen and oxygen atoms in total. The van der Waals surface area contributed by atoms with Crippen LogP contribution in [0.2, 0.25) is 0 Å². The zero-order chi connectivity index (χ0) is 15.5. The topological polar surface area (TPSA) is 67.4 Å². The molecule has 1 saturated heterocycles. The van der Waals surface area contributed by atoms with Crippen molar-refractivity contribution >= 4 is 22.4 Å². The largest absolute Gasteiger partial charge is 0.383 e. The molecule has 1 heterocycles. The van der Waals surface area contributed by atoms with E-state index in [-0.39, 0.29) is 23.8 Å². The molecule has 1 atom stereocenters. The summed E-state index contributed by atoms with van der Waals surface area (Å²) in [7, 11) is -2.29. The van der Waals surface area contributed by atoms with Crippen molar-refractivity contribution < 1.29 is 17.5 Å². The van der Waals surface area contributed by atoms with Crippen LogP contribution in [0, 0.1) is 12.7 Å². The van der Waals surface area contributed by atoms with Crippen molar-refractivity contribution in [1.29, 1.82) is 0 Å². The van der Waals surface area contributed by atoms with Crippen molar-refractivity contribution in [2.45, 2.75) is 30.2 Å². The Hall–Kier alpha value is -0.730. The third-order valence-electron chi connectivity index (χ3n) is 3.73. The van der Waals surface area contributed by atoms with Crippen molar-refractivity contribution in [3.05, 3.63) is 29.6 Å². The van der Waals surface area contributed by atoms with Crippen LogP contribution >= 0.6 is 12.4 Å². The van der Waals surface area contributed by atoms with Crippen molar-refractivity contribution in [1.82, 2.24) is 10.0 Å². The fraction of sp³-hybridized carbons (Fsp3) is 0.571. The summed E-state index contributed by atoms with van der Waals surface area (Å²) in [6, 6.07) is 4.09. The molecule has 2 N–H and O–H groups in total. The summed E-state index contributed by atoms with van der Waals surface area (Å²) < 4.78 is 46.0. The molecule has 0 aliphatic carbocycles. The quantitative estimate of drug-likeness (QED) is 0.816. The molecule has 8 heteroatoms. The highest BCUT2D eigenvalue weighted by Crippen LogP contribution is 2.21.